The average Bonchev–Trinajstić information content (AvgIpc) is 2.85. The molecule has 0 aliphatic carbocycles. The van der Waals surface area contributed by atoms with Crippen LogP contribution in [-0.2, 0) is 0 Å². The molecule has 0 fully saturated rings. The van der Waals surface area contributed by atoms with E-state index in [-0.39, 0.29) is 0 Å². The molecular formula is C32H30. The lowest BCUT2D eigenvalue weighted by Gasteiger charge is -2.08. The molecule has 0 heterocycles. The number of hydrogen-bond donors (Lipinski definition) is 0. The van der Waals surface area contributed by atoms with Crippen molar-refractivity contribution in [2.75, 3.05) is 0 Å². The van der Waals surface area contributed by atoms with E-state index in [0.29, 0.717) is 0 Å². The Kier molecular flexibility index (Phi) is 8.17. The molecule has 0 saturated carbocycles. The van der Waals surface area contributed by atoms with Gasteiger partial charge < -0.3 is 0 Å². The lowest BCUT2D eigenvalue weighted by atomic mass is 9.96. The van der Waals surface area contributed by atoms with Gasteiger partial charge in [0.05, 0.1) is 0 Å². The first-order valence-corrected chi connectivity index (χ1v) is 10.9. The number of hydrogen-bond acceptors (Lipinski definition) is 0. The molecule has 0 nitrogen and oxygen atoms in total. The minimum absolute atomic E-state index is 1.07. The molecule has 0 spiro atoms. The van der Waals surface area contributed by atoms with Crippen LogP contribution in [-0.4, -0.2) is 0 Å². The summed E-state index contributed by atoms with van der Waals surface area (Å²) in [6.07, 6.45) is 16.1. The van der Waals surface area contributed by atoms with Crippen LogP contribution in [0.25, 0.3) is 33.4 Å². The van der Waals surface area contributed by atoms with E-state index in [1.165, 1.54) is 33.4 Å². The van der Waals surface area contributed by atoms with Crippen molar-refractivity contribution in [3.63, 3.8) is 0 Å². The van der Waals surface area contributed by atoms with Crippen molar-refractivity contribution in [3.8, 4) is 22.3 Å². The molecule has 0 saturated heterocycles. The minimum atomic E-state index is 1.07. The van der Waals surface area contributed by atoms with Crippen LogP contribution in [0.1, 0.15) is 25.0 Å². The average molecular weight is 415 g/mol. The highest BCUT2D eigenvalue weighted by molar-refractivity contribution is 5.79. The molecule has 0 N–H and O–H groups in total. The molecule has 3 rings (SSSR count). The van der Waals surface area contributed by atoms with Crippen molar-refractivity contribution in [1.29, 1.82) is 0 Å². The molecule has 32 heavy (non-hydrogen) atoms. The van der Waals surface area contributed by atoms with E-state index in [9.17, 15) is 0 Å². The van der Waals surface area contributed by atoms with Gasteiger partial charge in [0.1, 0.15) is 0 Å². The molecule has 0 bridgehead atoms. The molecular weight excluding hydrogens is 384 g/mol. The van der Waals surface area contributed by atoms with Gasteiger partial charge in [0.15, 0.2) is 0 Å². The van der Waals surface area contributed by atoms with Crippen LogP contribution in [0, 0.1) is 0 Å². The van der Waals surface area contributed by atoms with E-state index in [1.807, 2.05) is 32.1 Å². The van der Waals surface area contributed by atoms with E-state index in [2.05, 4.69) is 110 Å². The molecule has 3 aromatic rings. The van der Waals surface area contributed by atoms with Crippen LogP contribution in [0.4, 0.5) is 0 Å². The van der Waals surface area contributed by atoms with Crippen molar-refractivity contribution in [2.45, 2.75) is 13.8 Å². The Morgan fingerprint density at radius 1 is 0.562 bits per heavy atom. The summed E-state index contributed by atoms with van der Waals surface area (Å²) in [6, 6.07) is 26.1. The molecule has 0 aromatic heterocycles. The first-order valence-electron chi connectivity index (χ1n) is 10.9. The summed E-state index contributed by atoms with van der Waals surface area (Å²) in [7, 11) is 0. The van der Waals surface area contributed by atoms with Gasteiger partial charge in [-0.25, -0.2) is 0 Å². The number of rotatable bonds is 8. The van der Waals surface area contributed by atoms with Crippen LogP contribution in [0.15, 0.2) is 135 Å². The van der Waals surface area contributed by atoms with Gasteiger partial charge in [0, 0.05) is 0 Å². The Bertz CT molecular complexity index is 1160. The van der Waals surface area contributed by atoms with Gasteiger partial charge in [-0.2, -0.15) is 0 Å². The monoisotopic (exact) mass is 414 g/mol. The summed E-state index contributed by atoms with van der Waals surface area (Å²) in [5.41, 5.74) is 9.46. The predicted octanol–water partition coefficient (Wildman–Crippen LogP) is 9.31. The second kappa shape index (κ2) is 11.5. The zero-order chi connectivity index (χ0) is 22.8. The molecule has 158 valence electrons. The highest BCUT2D eigenvalue weighted by atomic mass is 14.1. The fraction of sp³-hybridized carbons (Fsp3) is 0.0625. The molecule has 0 radical (unpaired) electrons. The lowest BCUT2D eigenvalue weighted by molar-refractivity contribution is 1.55. The third-order valence-corrected chi connectivity index (χ3v) is 5.32. The van der Waals surface area contributed by atoms with Gasteiger partial charge in [-0.1, -0.05) is 135 Å². The SMILES string of the molecule is C=C/C=C(\C=C)c1ccc(-c2ccc(-c3ccc(C(/C=C\C)=C/C=C\C)cc3)cc2)cc1. The standard InChI is InChI=1S/C32H30/c1-5-9-12-26(11-7-3)28-17-19-30(20-18-28)32-23-21-31(22-24-32)29-15-13-27(14-16-29)25(8-4)10-6-2/h5-24H,2,4H2,1,3H3/b9-5-,11-7-,25-10+,26-12+. The molecule has 0 aliphatic heterocycles. The topological polar surface area (TPSA) is 0 Å². The fourth-order valence-corrected chi connectivity index (χ4v) is 3.60. The zero-order valence-corrected chi connectivity index (χ0v) is 19.0. The van der Waals surface area contributed by atoms with Gasteiger partial charge in [0.2, 0.25) is 0 Å². The van der Waals surface area contributed by atoms with Crippen LogP contribution in [0.3, 0.4) is 0 Å². The van der Waals surface area contributed by atoms with Crippen molar-refractivity contribution < 1.29 is 0 Å². The Balaban J connectivity index is 1.80. The molecule has 0 atom stereocenters. The zero-order valence-electron chi connectivity index (χ0n) is 19.0. The van der Waals surface area contributed by atoms with Crippen LogP contribution < -0.4 is 0 Å². The van der Waals surface area contributed by atoms with Crippen molar-refractivity contribution in [2.24, 2.45) is 0 Å². The lowest BCUT2D eigenvalue weighted by Crippen LogP contribution is -1.85. The maximum absolute atomic E-state index is 3.89. The van der Waals surface area contributed by atoms with Gasteiger partial charge in [-0.05, 0) is 58.4 Å². The third kappa shape index (κ3) is 5.62. The van der Waals surface area contributed by atoms with Crippen molar-refractivity contribution in [3.05, 3.63) is 146 Å². The molecule has 0 heteroatoms. The highest BCUT2D eigenvalue weighted by Crippen LogP contribution is 2.28. The summed E-state index contributed by atoms with van der Waals surface area (Å²) < 4.78 is 0. The highest BCUT2D eigenvalue weighted by Gasteiger charge is 2.03. The Hall–Kier alpha value is -3.90. The predicted molar refractivity (Wildman–Crippen MR) is 143 cm³/mol. The van der Waals surface area contributed by atoms with E-state index < -0.39 is 0 Å². The maximum atomic E-state index is 3.89. The molecule has 3 aromatic carbocycles. The van der Waals surface area contributed by atoms with Crippen molar-refractivity contribution >= 4 is 11.1 Å². The minimum Gasteiger partial charge on any atom is -0.0990 e. The van der Waals surface area contributed by atoms with Crippen molar-refractivity contribution in [1.82, 2.24) is 0 Å². The first-order chi connectivity index (χ1) is 15.7. The van der Waals surface area contributed by atoms with E-state index in [0.717, 1.165) is 11.1 Å². The summed E-state index contributed by atoms with van der Waals surface area (Å²) in [6.45, 7) is 11.7. The summed E-state index contributed by atoms with van der Waals surface area (Å²) in [5, 5.41) is 0. The third-order valence-electron chi connectivity index (χ3n) is 5.32. The summed E-state index contributed by atoms with van der Waals surface area (Å²) in [5.74, 6) is 0. The smallest absolute Gasteiger partial charge is 0.0184 e. The first kappa shape index (κ1) is 22.8. The summed E-state index contributed by atoms with van der Waals surface area (Å²) in [4.78, 5) is 0. The number of allylic oxidation sites excluding steroid dienone is 10. The van der Waals surface area contributed by atoms with E-state index >= 15 is 0 Å². The number of benzene rings is 3. The second-order valence-electron chi connectivity index (χ2n) is 7.44. The van der Waals surface area contributed by atoms with Gasteiger partial charge in [-0.15, -0.1) is 0 Å². The van der Waals surface area contributed by atoms with E-state index in [4.69, 9.17) is 0 Å². The summed E-state index contributed by atoms with van der Waals surface area (Å²) >= 11 is 0. The Morgan fingerprint density at radius 3 is 1.38 bits per heavy atom. The quantitative estimate of drug-likeness (QED) is 0.322. The Morgan fingerprint density at radius 2 is 1.00 bits per heavy atom. The normalized spacial score (nSPS) is 12.4. The Labute approximate surface area is 193 Å². The largest absolute Gasteiger partial charge is 0.0990 e. The molecule has 0 amide bonds. The van der Waals surface area contributed by atoms with Crippen LogP contribution in [0.5, 0.6) is 0 Å². The fourth-order valence-electron chi connectivity index (χ4n) is 3.60. The van der Waals surface area contributed by atoms with E-state index in [1.54, 1.807) is 6.08 Å². The molecule has 0 aliphatic rings. The molecule has 0 unspecified atom stereocenters. The van der Waals surface area contributed by atoms with Crippen LogP contribution in [0.2, 0.25) is 0 Å². The van der Waals surface area contributed by atoms with Crippen LogP contribution >= 0.6 is 0 Å². The van der Waals surface area contributed by atoms with Gasteiger partial charge in [-0.3, -0.25) is 0 Å². The second-order valence-corrected chi connectivity index (χ2v) is 7.44. The van der Waals surface area contributed by atoms with Gasteiger partial charge in [0.25, 0.3) is 0 Å². The van der Waals surface area contributed by atoms with Gasteiger partial charge >= 0.3 is 0 Å². The maximum Gasteiger partial charge on any atom is -0.0184 e.